The summed E-state index contributed by atoms with van der Waals surface area (Å²) in [6.07, 6.45) is 4.74. The number of nitrogens with zero attached hydrogens (tertiary/aromatic N) is 5. The number of carbonyl (C=O) groups excluding carboxylic acids is 1. The van der Waals surface area contributed by atoms with Crippen molar-refractivity contribution in [2.45, 2.75) is 43.9 Å². The number of fused-ring (bicyclic) bond motifs is 1. The van der Waals surface area contributed by atoms with Gasteiger partial charge in [0.25, 0.3) is 0 Å². The van der Waals surface area contributed by atoms with Crippen molar-refractivity contribution in [3.63, 3.8) is 0 Å². The van der Waals surface area contributed by atoms with E-state index in [1.165, 1.54) is 42.2 Å². The van der Waals surface area contributed by atoms with Crippen molar-refractivity contribution in [1.82, 2.24) is 19.7 Å². The summed E-state index contributed by atoms with van der Waals surface area (Å²) in [5.74, 6) is 1.48. The monoisotopic (exact) mass is 447 g/mol. The third-order valence-electron chi connectivity index (χ3n) is 6.30. The van der Waals surface area contributed by atoms with Gasteiger partial charge >= 0.3 is 0 Å². The molecule has 1 aromatic heterocycles. The van der Waals surface area contributed by atoms with Crippen molar-refractivity contribution in [1.29, 1.82) is 0 Å². The lowest BCUT2D eigenvalue weighted by molar-refractivity contribution is -0.116. The highest BCUT2D eigenvalue weighted by atomic mass is 32.2. The standard InChI is InChI=1S/C25H29N5OS/c31-24(29-16-13-21-11-5-6-12-22(21)29)19-32-25-27-26-23(18-28-14-7-2-8-15-28)30(25)17-20-9-3-1-4-10-20/h1,3-6,9-12H,2,7-8,13-19H2. The van der Waals surface area contributed by atoms with Crippen LogP contribution in [-0.2, 0) is 24.3 Å². The highest BCUT2D eigenvalue weighted by Gasteiger charge is 2.25. The van der Waals surface area contributed by atoms with Gasteiger partial charge in [-0.2, -0.15) is 0 Å². The fourth-order valence-electron chi connectivity index (χ4n) is 4.59. The second-order valence-corrected chi connectivity index (χ2v) is 9.46. The summed E-state index contributed by atoms with van der Waals surface area (Å²) in [6, 6.07) is 18.6. The molecule has 0 aliphatic carbocycles. The Kier molecular flexibility index (Phi) is 6.55. The first kappa shape index (κ1) is 21.2. The average molecular weight is 448 g/mol. The second-order valence-electron chi connectivity index (χ2n) is 8.52. The fourth-order valence-corrected chi connectivity index (χ4v) is 5.42. The summed E-state index contributed by atoms with van der Waals surface area (Å²) in [7, 11) is 0. The fraction of sp³-hybridized carbons (Fsp3) is 0.400. The van der Waals surface area contributed by atoms with Crippen LogP contribution in [0.15, 0.2) is 59.8 Å². The molecular weight excluding hydrogens is 418 g/mol. The van der Waals surface area contributed by atoms with Crippen LogP contribution in [0.2, 0.25) is 0 Å². The molecule has 0 radical (unpaired) electrons. The molecule has 0 spiro atoms. The number of rotatable bonds is 7. The zero-order chi connectivity index (χ0) is 21.8. The van der Waals surface area contributed by atoms with E-state index in [9.17, 15) is 4.79 Å². The van der Waals surface area contributed by atoms with Gasteiger partial charge in [0.2, 0.25) is 5.91 Å². The van der Waals surface area contributed by atoms with Gasteiger partial charge in [-0.15, -0.1) is 10.2 Å². The number of amides is 1. The van der Waals surface area contributed by atoms with Crippen LogP contribution in [0.3, 0.4) is 0 Å². The van der Waals surface area contributed by atoms with Crippen LogP contribution in [0.5, 0.6) is 0 Å². The summed E-state index contributed by atoms with van der Waals surface area (Å²) in [5.41, 5.74) is 3.52. The number of thioether (sulfide) groups is 1. The molecule has 1 amide bonds. The number of likely N-dealkylation sites (tertiary alicyclic amines) is 1. The van der Waals surface area contributed by atoms with Gasteiger partial charge in [0, 0.05) is 12.2 Å². The van der Waals surface area contributed by atoms with Gasteiger partial charge < -0.3 is 9.47 Å². The topological polar surface area (TPSA) is 54.3 Å². The van der Waals surface area contributed by atoms with Crippen molar-refractivity contribution < 1.29 is 4.79 Å². The van der Waals surface area contributed by atoms with Gasteiger partial charge in [-0.05, 0) is 49.5 Å². The van der Waals surface area contributed by atoms with E-state index in [-0.39, 0.29) is 5.91 Å². The van der Waals surface area contributed by atoms with Crippen LogP contribution in [-0.4, -0.2) is 51.0 Å². The van der Waals surface area contributed by atoms with E-state index >= 15 is 0 Å². The molecule has 1 saturated heterocycles. The Morgan fingerprint density at radius 1 is 0.875 bits per heavy atom. The minimum absolute atomic E-state index is 0.131. The zero-order valence-electron chi connectivity index (χ0n) is 18.3. The molecule has 0 saturated carbocycles. The third-order valence-corrected chi connectivity index (χ3v) is 7.26. The lowest BCUT2D eigenvalue weighted by atomic mass is 10.1. The molecule has 2 aliphatic rings. The Labute approximate surface area is 193 Å². The van der Waals surface area contributed by atoms with Gasteiger partial charge in [0.15, 0.2) is 5.16 Å². The van der Waals surface area contributed by atoms with E-state index in [0.717, 1.165) is 55.8 Å². The SMILES string of the molecule is O=C(CSc1nnc(CN2CCCCC2)n1Cc1ccccc1)N1CCc2ccccc21. The predicted octanol–water partition coefficient (Wildman–Crippen LogP) is 3.99. The van der Waals surface area contributed by atoms with Gasteiger partial charge in [-0.25, -0.2) is 0 Å². The van der Waals surface area contributed by atoms with Crippen molar-refractivity contribution in [2.75, 3.05) is 30.3 Å². The van der Waals surface area contributed by atoms with Crippen molar-refractivity contribution in [3.05, 3.63) is 71.5 Å². The Balaban J connectivity index is 1.32. The molecule has 32 heavy (non-hydrogen) atoms. The van der Waals surface area contributed by atoms with E-state index < -0.39 is 0 Å². The van der Waals surface area contributed by atoms with Crippen molar-refractivity contribution >= 4 is 23.4 Å². The van der Waals surface area contributed by atoms with Crippen molar-refractivity contribution in [2.24, 2.45) is 0 Å². The van der Waals surface area contributed by atoms with Gasteiger partial charge in [-0.3, -0.25) is 9.69 Å². The predicted molar refractivity (Wildman–Crippen MR) is 128 cm³/mol. The molecule has 0 unspecified atom stereocenters. The molecule has 2 aliphatic heterocycles. The average Bonchev–Trinajstić information content (AvgIpc) is 3.43. The van der Waals surface area contributed by atoms with Crippen LogP contribution < -0.4 is 4.90 Å². The maximum Gasteiger partial charge on any atom is 0.237 e. The summed E-state index contributed by atoms with van der Waals surface area (Å²) in [4.78, 5) is 17.4. The molecule has 1 fully saturated rings. The first-order valence-electron chi connectivity index (χ1n) is 11.5. The molecule has 7 heteroatoms. The third kappa shape index (κ3) is 4.74. The molecule has 3 heterocycles. The quantitative estimate of drug-likeness (QED) is 0.513. The Morgan fingerprint density at radius 3 is 2.50 bits per heavy atom. The zero-order valence-corrected chi connectivity index (χ0v) is 19.1. The molecule has 2 aromatic carbocycles. The summed E-state index contributed by atoms with van der Waals surface area (Å²) >= 11 is 1.50. The van der Waals surface area contributed by atoms with Gasteiger partial charge in [-0.1, -0.05) is 66.7 Å². The lowest BCUT2D eigenvalue weighted by Crippen LogP contribution is -2.31. The first-order valence-corrected chi connectivity index (χ1v) is 12.5. The number of hydrogen-bond acceptors (Lipinski definition) is 5. The van der Waals surface area contributed by atoms with E-state index in [0.29, 0.717) is 5.75 Å². The van der Waals surface area contributed by atoms with E-state index in [4.69, 9.17) is 0 Å². The Bertz CT molecular complexity index is 1060. The minimum atomic E-state index is 0.131. The smallest absolute Gasteiger partial charge is 0.237 e. The summed E-state index contributed by atoms with van der Waals surface area (Å²) < 4.78 is 2.19. The number of aromatic nitrogens is 3. The molecule has 0 bridgehead atoms. The largest absolute Gasteiger partial charge is 0.311 e. The molecular formula is C25H29N5OS. The van der Waals surface area contributed by atoms with Crippen molar-refractivity contribution in [3.8, 4) is 0 Å². The van der Waals surface area contributed by atoms with Crippen LogP contribution in [0.1, 0.15) is 36.2 Å². The first-order chi connectivity index (χ1) is 15.8. The highest BCUT2D eigenvalue weighted by Crippen LogP contribution is 2.29. The highest BCUT2D eigenvalue weighted by molar-refractivity contribution is 7.99. The number of hydrogen-bond donors (Lipinski definition) is 0. The Morgan fingerprint density at radius 2 is 1.66 bits per heavy atom. The molecule has 3 aromatic rings. The Hall–Kier alpha value is -2.64. The summed E-state index contributed by atoms with van der Waals surface area (Å²) in [5, 5.41) is 9.86. The molecule has 0 atom stereocenters. The normalized spacial score (nSPS) is 16.3. The number of para-hydroxylation sites is 1. The maximum atomic E-state index is 13.0. The van der Waals surface area contributed by atoms with E-state index in [1.54, 1.807) is 0 Å². The molecule has 6 nitrogen and oxygen atoms in total. The van der Waals surface area contributed by atoms with Crippen LogP contribution in [0, 0.1) is 0 Å². The lowest BCUT2D eigenvalue weighted by Gasteiger charge is -2.26. The van der Waals surface area contributed by atoms with E-state index in [1.807, 2.05) is 29.2 Å². The molecule has 0 N–H and O–H groups in total. The minimum Gasteiger partial charge on any atom is -0.311 e. The molecule has 5 rings (SSSR count). The molecule has 166 valence electrons. The van der Waals surface area contributed by atoms with Crippen LogP contribution in [0.25, 0.3) is 0 Å². The van der Waals surface area contributed by atoms with Crippen LogP contribution >= 0.6 is 11.8 Å². The number of benzene rings is 2. The van der Waals surface area contributed by atoms with Gasteiger partial charge in [0.05, 0.1) is 18.8 Å². The summed E-state index contributed by atoms with van der Waals surface area (Å²) in [6.45, 7) is 4.53. The maximum absolute atomic E-state index is 13.0. The number of carbonyl (C=O) groups is 1. The second kappa shape index (κ2) is 9.88. The number of anilines is 1. The number of piperidine rings is 1. The van der Waals surface area contributed by atoms with Gasteiger partial charge in [0.1, 0.15) is 5.82 Å². The van der Waals surface area contributed by atoms with Crippen LogP contribution in [0.4, 0.5) is 5.69 Å². The van der Waals surface area contributed by atoms with E-state index in [2.05, 4.69) is 50.0 Å².